The molecule has 0 unspecified atom stereocenters. The van der Waals surface area contributed by atoms with E-state index < -0.39 is 0 Å². The molecule has 2 heterocycles. The van der Waals surface area contributed by atoms with Crippen LogP contribution in [0.1, 0.15) is 16.1 Å². The molecule has 29 heavy (non-hydrogen) atoms. The van der Waals surface area contributed by atoms with Gasteiger partial charge in [0.05, 0.1) is 5.69 Å². The molecule has 2 aromatic heterocycles. The number of amides is 1. The Hall–Kier alpha value is -3.15. The second kappa shape index (κ2) is 8.07. The predicted octanol–water partition coefficient (Wildman–Crippen LogP) is 5.93. The van der Waals surface area contributed by atoms with Crippen molar-refractivity contribution in [3.05, 3.63) is 93.6 Å². The normalized spacial score (nSPS) is 11.6. The number of aromatic nitrogens is 1. The number of carbonyl (C=O) groups excluding carboxylic acids is 1. The van der Waals surface area contributed by atoms with E-state index in [1.807, 2.05) is 19.1 Å². The Morgan fingerprint density at radius 3 is 2.52 bits per heavy atom. The summed E-state index contributed by atoms with van der Waals surface area (Å²) in [6, 6.07) is 19.2. The first kappa shape index (κ1) is 19.2. The number of benzene rings is 2. The van der Waals surface area contributed by atoms with Gasteiger partial charge in [-0.3, -0.25) is 4.79 Å². The van der Waals surface area contributed by atoms with Crippen molar-refractivity contribution in [2.45, 2.75) is 6.92 Å². The Bertz CT molecular complexity index is 1280. The van der Waals surface area contributed by atoms with Crippen molar-refractivity contribution in [1.82, 2.24) is 4.98 Å². The van der Waals surface area contributed by atoms with Gasteiger partial charge < -0.3 is 9.73 Å². The number of aryl methyl sites for hydroxylation is 1. The molecular formula is C22H15Cl2N3O2. The van der Waals surface area contributed by atoms with E-state index in [2.05, 4.69) is 15.3 Å². The largest absolute Gasteiger partial charge is 0.438 e. The zero-order chi connectivity index (χ0) is 20.4. The number of rotatable bonds is 3. The van der Waals surface area contributed by atoms with Crippen LogP contribution in [0.15, 0.2) is 76.1 Å². The number of anilines is 1. The van der Waals surface area contributed by atoms with Gasteiger partial charge in [0.25, 0.3) is 5.91 Å². The van der Waals surface area contributed by atoms with E-state index in [1.165, 1.54) is 0 Å². The summed E-state index contributed by atoms with van der Waals surface area (Å²) in [5.41, 5.74) is 2.40. The number of hydrogen-bond donors (Lipinski definition) is 1. The fourth-order valence-corrected chi connectivity index (χ4v) is 3.08. The first-order chi connectivity index (χ1) is 14.0. The average Bonchev–Trinajstić information content (AvgIpc) is 2.69. The maximum atomic E-state index is 13.0. The fraction of sp³-hybridized carbons (Fsp3) is 0.0455. The van der Waals surface area contributed by atoms with Gasteiger partial charge in [0, 0.05) is 21.1 Å². The lowest BCUT2D eigenvalue weighted by molar-refractivity contribution is 0.102. The van der Waals surface area contributed by atoms with Crippen LogP contribution < -0.4 is 10.9 Å². The van der Waals surface area contributed by atoms with Crippen LogP contribution in [0.25, 0.3) is 11.0 Å². The molecule has 0 bridgehead atoms. The predicted molar refractivity (Wildman–Crippen MR) is 115 cm³/mol. The second-order valence-electron chi connectivity index (χ2n) is 6.35. The van der Waals surface area contributed by atoms with Crippen LogP contribution in [0.4, 0.5) is 11.5 Å². The van der Waals surface area contributed by atoms with Gasteiger partial charge in [0.2, 0.25) is 5.55 Å². The number of hydrogen-bond acceptors (Lipinski definition) is 4. The summed E-state index contributed by atoms with van der Waals surface area (Å²) in [6.45, 7) is 1.85. The zero-order valence-electron chi connectivity index (χ0n) is 15.3. The lowest BCUT2D eigenvalue weighted by atomic mass is 10.1. The third-order valence-corrected chi connectivity index (χ3v) is 4.63. The summed E-state index contributed by atoms with van der Waals surface area (Å²) in [5.74, 6) is 0.0556. The van der Waals surface area contributed by atoms with Crippen molar-refractivity contribution in [1.29, 1.82) is 0 Å². The highest BCUT2D eigenvalue weighted by Crippen LogP contribution is 2.21. The Balaban J connectivity index is 1.85. The number of carbonyl (C=O) groups is 1. The van der Waals surface area contributed by atoms with Gasteiger partial charge in [-0.15, -0.1) is 0 Å². The Labute approximate surface area is 176 Å². The van der Waals surface area contributed by atoms with E-state index >= 15 is 0 Å². The van der Waals surface area contributed by atoms with Crippen molar-refractivity contribution in [2.24, 2.45) is 4.99 Å². The molecular weight excluding hydrogens is 409 g/mol. The molecule has 1 N–H and O–H groups in total. The summed E-state index contributed by atoms with van der Waals surface area (Å²) in [5, 5.41) is 4.62. The van der Waals surface area contributed by atoms with Crippen LogP contribution in [0.2, 0.25) is 10.0 Å². The number of halogens is 2. The van der Waals surface area contributed by atoms with E-state index in [1.54, 1.807) is 54.6 Å². The quantitative estimate of drug-likeness (QED) is 0.444. The molecule has 0 saturated carbocycles. The van der Waals surface area contributed by atoms with Crippen LogP contribution >= 0.6 is 23.2 Å². The van der Waals surface area contributed by atoms with Crippen molar-refractivity contribution in [3.63, 3.8) is 0 Å². The third-order valence-electron chi connectivity index (χ3n) is 4.14. The van der Waals surface area contributed by atoms with Gasteiger partial charge in [-0.05, 0) is 67.6 Å². The second-order valence-corrected chi connectivity index (χ2v) is 7.23. The lowest BCUT2D eigenvalue weighted by Crippen LogP contribution is -2.22. The molecule has 0 aliphatic heterocycles. The van der Waals surface area contributed by atoms with Gasteiger partial charge in [0.1, 0.15) is 17.0 Å². The molecule has 2 aromatic carbocycles. The van der Waals surface area contributed by atoms with E-state index in [9.17, 15) is 4.79 Å². The summed E-state index contributed by atoms with van der Waals surface area (Å²) in [6.07, 6.45) is 0. The van der Waals surface area contributed by atoms with Gasteiger partial charge in [-0.2, -0.15) is 0 Å². The van der Waals surface area contributed by atoms with Crippen LogP contribution in [0.3, 0.4) is 0 Å². The number of fused-ring (bicyclic) bond motifs is 1. The molecule has 0 aliphatic rings. The first-order valence-corrected chi connectivity index (χ1v) is 9.52. The van der Waals surface area contributed by atoms with Crippen molar-refractivity contribution in [3.8, 4) is 0 Å². The molecule has 0 atom stereocenters. The Morgan fingerprint density at radius 1 is 1.00 bits per heavy atom. The van der Waals surface area contributed by atoms with Crippen molar-refractivity contribution in [2.75, 3.05) is 5.32 Å². The minimum atomic E-state index is -0.388. The SMILES string of the molecule is Cc1cccc(NC(=O)c2cc3cc(Cl)ccc3oc2=Nc2ccc(Cl)cc2)n1. The van der Waals surface area contributed by atoms with E-state index in [-0.39, 0.29) is 17.0 Å². The smallest absolute Gasteiger partial charge is 0.262 e. The number of nitrogens with one attached hydrogen (secondary N) is 1. The van der Waals surface area contributed by atoms with Gasteiger partial charge in [0.15, 0.2) is 0 Å². The van der Waals surface area contributed by atoms with Gasteiger partial charge >= 0.3 is 0 Å². The third kappa shape index (κ3) is 4.47. The Kier molecular flexibility index (Phi) is 5.34. The molecule has 0 saturated heterocycles. The molecule has 144 valence electrons. The standard InChI is InChI=1S/C22H15Cl2N3O2/c1-13-3-2-4-20(25-13)27-21(28)18-12-14-11-16(24)7-10-19(14)29-22(18)26-17-8-5-15(23)6-9-17/h2-12H,1H3,(H,25,27,28). The molecule has 0 aliphatic carbocycles. The summed E-state index contributed by atoms with van der Waals surface area (Å²) in [4.78, 5) is 21.8. The van der Waals surface area contributed by atoms with Crippen molar-refractivity contribution >= 4 is 51.6 Å². The maximum absolute atomic E-state index is 13.0. The first-order valence-electron chi connectivity index (χ1n) is 8.77. The molecule has 0 fully saturated rings. The summed E-state index contributed by atoms with van der Waals surface area (Å²) in [7, 11) is 0. The molecule has 7 heteroatoms. The molecule has 5 nitrogen and oxygen atoms in total. The van der Waals surface area contributed by atoms with Crippen LogP contribution in [0, 0.1) is 6.92 Å². The molecule has 1 amide bonds. The zero-order valence-corrected chi connectivity index (χ0v) is 16.8. The van der Waals surface area contributed by atoms with E-state index in [4.69, 9.17) is 27.6 Å². The van der Waals surface area contributed by atoms with Gasteiger partial charge in [-0.1, -0.05) is 29.3 Å². The highest BCUT2D eigenvalue weighted by atomic mass is 35.5. The van der Waals surface area contributed by atoms with Crippen LogP contribution in [-0.2, 0) is 0 Å². The highest BCUT2D eigenvalue weighted by molar-refractivity contribution is 6.31. The lowest BCUT2D eigenvalue weighted by Gasteiger charge is -2.07. The topological polar surface area (TPSA) is 67.5 Å². The Morgan fingerprint density at radius 2 is 1.76 bits per heavy atom. The van der Waals surface area contributed by atoms with Crippen LogP contribution in [-0.4, -0.2) is 10.9 Å². The summed E-state index contributed by atoms with van der Waals surface area (Å²) >= 11 is 12.0. The highest BCUT2D eigenvalue weighted by Gasteiger charge is 2.14. The van der Waals surface area contributed by atoms with Crippen LogP contribution in [0.5, 0.6) is 0 Å². The minimum Gasteiger partial charge on any atom is -0.438 e. The van der Waals surface area contributed by atoms with Crippen molar-refractivity contribution < 1.29 is 9.21 Å². The van der Waals surface area contributed by atoms with E-state index in [0.717, 1.165) is 5.69 Å². The molecule has 0 radical (unpaired) electrons. The molecule has 4 rings (SSSR count). The molecule has 4 aromatic rings. The number of nitrogens with zero attached hydrogens (tertiary/aromatic N) is 2. The average molecular weight is 424 g/mol. The maximum Gasteiger partial charge on any atom is 0.262 e. The fourth-order valence-electron chi connectivity index (χ4n) is 2.78. The van der Waals surface area contributed by atoms with Gasteiger partial charge in [-0.25, -0.2) is 9.98 Å². The monoisotopic (exact) mass is 423 g/mol. The molecule has 0 spiro atoms. The van der Waals surface area contributed by atoms with E-state index in [0.29, 0.717) is 32.5 Å². The minimum absolute atomic E-state index is 0.173. The number of pyridine rings is 1. The summed E-state index contributed by atoms with van der Waals surface area (Å²) < 4.78 is 5.93.